The van der Waals surface area contributed by atoms with E-state index >= 15 is 0 Å². The van der Waals surface area contributed by atoms with Crippen molar-refractivity contribution in [1.82, 2.24) is 0 Å². The van der Waals surface area contributed by atoms with Gasteiger partial charge in [0, 0.05) is 5.57 Å². The van der Waals surface area contributed by atoms with Crippen LogP contribution in [-0.2, 0) is 0 Å². The fourth-order valence-electron chi connectivity index (χ4n) is 4.17. The third kappa shape index (κ3) is 2.50. The summed E-state index contributed by atoms with van der Waals surface area (Å²) in [6, 6.07) is 29.0. The molecule has 0 bridgehead atoms. The lowest BCUT2D eigenvalue weighted by molar-refractivity contribution is 0.715. The summed E-state index contributed by atoms with van der Waals surface area (Å²) in [6.45, 7) is 0. The molecular weight excluding hydrogens is 328 g/mol. The van der Waals surface area contributed by atoms with Crippen LogP contribution in [0, 0.1) is 0 Å². The standard InChI is InChI=1S/C25H20N2/c26-25(27)16-22-20-14-8-7-13-19(20)15-21(22)23(17-9-3-1-4-10-17)24(25)18-11-5-2-6-12-18/h1-16H,26-27H2. The summed E-state index contributed by atoms with van der Waals surface area (Å²) in [5, 5.41) is 0. The van der Waals surface area contributed by atoms with Crippen molar-refractivity contribution in [3.8, 4) is 0 Å². The van der Waals surface area contributed by atoms with E-state index in [0.717, 1.165) is 27.8 Å². The Morgan fingerprint density at radius 3 is 1.89 bits per heavy atom. The largest absolute Gasteiger partial charge is 0.306 e. The van der Waals surface area contributed by atoms with Crippen molar-refractivity contribution in [2.45, 2.75) is 5.66 Å². The van der Waals surface area contributed by atoms with Crippen LogP contribution in [0.4, 0.5) is 0 Å². The Morgan fingerprint density at radius 2 is 1.19 bits per heavy atom. The first-order chi connectivity index (χ1) is 13.1. The van der Waals surface area contributed by atoms with Gasteiger partial charge in [0.05, 0.1) is 0 Å². The highest BCUT2D eigenvalue weighted by molar-refractivity contribution is 6.18. The summed E-state index contributed by atoms with van der Waals surface area (Å²) in [6.07, 6.45) is 4.26. The van der Waals surface area contributed by atoms with Crippen molar-refractivity contribution in [2.24, 2.45) is 11.5 Å². The molecule has 130 valence electrons. The molecule has 0 aromatic heterocycles. The molecule has 0 saturated heterocycles. The molecule has 0 spiro atoms. The number of nitrogens with two attached hydrogens (primary N) is 2. The molecule has 0 radical (unpaired) electrons. The van der Waals surface area contributed by atoms with Gasteiger partial charge in [-0.05, 0) is 51.1 Å². The van der Waals surface area contributed by atoms with Gasteiger partial charge in [0.1, 0.15) is 5.66 Å². The molecular formula is C25H20N2. The number of hydrogen-bond acceptors (Lipinski definition) is 2. The van der Waals surface area contributed by atoms with Crippen LogP contribution < -0.4 is 11.5 Å². The zero-order chi connectivity index (χ0) is 18.4. The number of rotatable bonds is 2. The van der Waals surface area contributed by atoms with Gasteiger partial charge in [-0.2, -0.15) is 0 Å². The number of benzene rings is 3. The average molecular weight is 348 g/mol. The molecule has 0 amide bonds. The minimum Gasteiger partial charge on any atom is -0.306 e. The highest BCUT2D eigenvalue weighted by Crippen LogP contribution is 2.50. The molecule has 0 unspecified atom stereocenters. The van der Waals surface area contributed by atoms with E-state index in [0.29, 0.717) is 0 Å². The Labute approximate surface area is 159 Å². The summed E-state index contributed by atoms with van der Waals surface area (Å²) < 4.78 is 0. The van der Waals surface area contributed by atoms with Crippen molar-refractivity contribution in [2.75, 3.05) is 0 Å². The third-order valence-electron chi connectivity index (χ3n) is 5.30. The third-order valence-corrected chi connectivity index (χ3v) is 5.30. The maximum atomic E-state index is 6.71. The molecule has 2 aliphatic rings. The van der Waals surface area contributed by atoms with Crippen molar-refractivity contribution >= 4 is 22.8 Å². The van der Waals surface area contributed by atoms with Crippen LogP contribution >= 0.6 is 0 Å². The highest BCUT2D eigenvalue weighted by atomic mass is 15.0. The Kier molecular flexibility index (Phi) is 3.51. The van der Waals surface area contributed by atoms with Gasteiger partial charge in [-0.15, -0.1) is 0 Å². The van der Waals surface area contributed by atoms with Crippen molar-refractivity contribution < 1.29 is 0 Å². The molecule has 3 aromatic rings. The zero-order valence-electron chi connectivity index (χ0n) is 14.9. The molecule has 27 heavy (non-hydrogen) atoms. The minimum atomic E-state index is -1.06. The van der Waals surface area contributed by atoms with Gasteiger partial charge in [0.2, 0.25) is 0 Å². The van der Waals surface area contributed by atoms with Crippen LogP contribution in [0.5, 0.6) is 0 Å². The monoisotopic (exact) mass is 348 g/mol. The second-order valence-electron chi connectivity index (χ2n) is 7.12. The smallest absolute Gasteiger partial charge is 0.111 e. The lowest BCUT2D eigenvalue weighted by atomic mass is 9.76. The average Bonchev–Trinajstić information content (AvgIpc) is 3.05. The van der Waals surface area contributed by atoms with E-state index in [2.05, 4.69) is 66.7 Å². The molecule has 2 aliphatic carbocycles. The molecule has 2 heteroatoms. The van der Waals surface area contributed by atoms with Gasteiger partial charge in [-0.1, -0.05) is 84.9 Å². The van der Waals surface area contributed by atoms with Crippen LogP contribution in [-0.4, -0.2) is 5.66 Å². The predicted molar refractivity (Wildman–Crippen MR) is 113 cm³/mol. The summed E-state index contributed by atoms with van der Waals surface area (Å²) in [5.74, 6) is 0. The molecule has 0 fully saturated rings. The SMILES string of the molecule is NC1(N)C=C2C(=Cc3ccccc32)C(c2ccccc2)=C1c1ccccc1. The van der Waals surface area contributed by atoms with Crippen molar-refractivity contribution in [3.63, 3.8) is 0 Å². The van der Waals surface area contributed by atoms with Crippen molar-refractivity contribution in [3.05, 3.63) is 119 Å². The minimum absolute atomic E-state index is 0.956. The lowest BCUT2D eigenvalue weighted by Crippen LogP contribution is -2.50. The highest BCUT2D eigenvalue weighted by Gasteiger charge is 2.37. The van der Waals surface area contributed by atoms with Gasteiger partial charge in [0.15, 0.2) is 0 Å². The summed E-state index contributed by atoms with van der Waals surface area (Å²) in [7, 11) is 0. The van der Waals surface area contributed by atoms with E-state index in [9.17, 15) is 0 Å². The van der Waals surface area contributed by atoms with Gasteiger partial charge in [-0.3, -0.25) is 0 Å². The fourth-order valence-corrected chi connectivity index (χ4v) is 4.17. The quantitative estimate of drug-likeness (QED) is 0.659. The first kappa shape index (κ1) is 16.0. The molecule has 2 nitrogen and oxygen atoms in total. The van der Waals surface area contributed by atoms with Crippen molar-refractivity contribution in [1.29, 1.82) is 0 Å². The van der Waals surface area contributed by atoms with Crippen LogP contribution in [0.15, 0.2) is 96.6 Å². The Balaban J connectivity index is 1.85. The molecule has 3 aromatic carbocycles. The molecule has 0 atom stereocenters. The summed E-state index contributed by atoms with van der Waals surface area (Å²) in [5.41, 5.74) is 21.3. The maximum absolute atomic E-state index is 6.71. The van der Waals surface area contributed by atoms with Crippen LogP contribution in [0.25, 0.3) is 22.8 Å². The number of fused-ring (bicyclic) bond motifs is 3. The lowest BCUT2D eigenvalue weighted by Gasteiger charge is -2.34. The van der Waals surface area contributed by atoms with Gasteiger partial charge < -0.3 is 11.5 Å². The molecule has 0 aliphatic heterocycles. The van der Waals surface area contributed by atoms with E-state index < -0.39 is 5.66 Å². The van der Waals surface area contributed by atoms with Crippen LogP contribution in [0.3, 0.4) is 0 Å². The van der Waals surface area contributed by atoms with E-state index in [4.69, 9.17) is 11.5 Å². The van der Waals surface area contributed by atoms with E-state index in [1.54, 1.807) is 0 Å². The zero-order valence-corrected chi connectivity index (χ0v) is 14.9. The first-order valence-electron chi connectivity index (χ1n) is 9.13. The van der Waals surface area contributed by atoms with Crippen LogP contribution in [0.1, 0.15) is 22.3 Å². The normalized spacial score (nSPS) is 17.1. The van der Waals surface area contributed by atoms with E-state index in [1.807, 2.05) is 30.3 Å². The number of allylic oxidation sites excluding steroid dienone is 3. The van der Waals surface area contributed by atoms with Gasteiger partial charge in [0.25, 0.3) is 0 Å². The Hall–Kier alpha value is -3.20. The Bertz CT molecular complexity index is 1120. The first-order valence-corrected chi connectivity index (χ1v) is 9.13. The second-order valence-corrected chi connectivity index (χ2v) is 7.12. The summed E-state index contributed by atoms with van der Waals surface area (Å²) in [4.78, 5) is 0. The fraction of sp³-hybridized carbons (Fsp3) is 0.0400. The summed E-state index contributed by atoms with van der Waals surface area (Å²) >= 11 is 0. The van der Waals surface area contributed by atoms with E-state index in [1.165, 1.54) is 16.7 Å². The second kappa shape index (κ2) is 5.92. The van der Waals surface area contributed by atoms with Crippen LogP contribution in [0.2, 0.25) is 0 Å². The van der Waals surface area contributed by atoms with Gasteiger partial charge in [-0.25, -0.2) is 0 Å². The van der Waals surface area contributed by atoms with E-state index in [-0.39, 0.29) is 0 Å². The molecule has 0 saturated carbocycles. The topological polar surface area (TPSA) is 52.0 Å². The maximum Gasteiger partial charge on any atom is 0.111 e. The predicted octanol–water partition coefficient (Wildman–Crippen LogP) is 4.71. The Morgan fingerprint density at radius 1 is 0.593 bits per heavy atom. The molecule has 4 N–H and O–H groups in total. The van der Waals surface area contributed by atoms with Gasteiger partial charge >= 0.3 is 0 Å². The molecule has 0 heterocycles. The molecule has 5 rings (SSSR count). The number of hydrogen-bond donors (Lipinski definition) is 2.